The predicted molar refractivity (Wildman–Crippen MR) is 153 cm³/mol. The van der Waals surface area contributed by atoms with Gasteiger partial charge in [-0.25, -0.2) is 0 Å². The molecule has 9 nitrogen and oxygen atoms in total. The highest BCUT2D eigenvalue weighted by Gasteiger charge is 2.18. The van der Waals surface area contributed by atoms with E-state index in [1.165, 1.54) is 0 Å². The number of nitrogens with two attached hydrogens (primary N) is 1. The lowest BCUT2D eigenvalue weighted by atomic mass is 10.0. The summed E-state index contributed by atoms with van der Waals surface area (Å²) in [5.41, 5.74) is 9.88. The van der Waals surface area contributed by atoms with Gasteiger partial charge < -0.3 is 26.4 Å². The zero-order valence-electron chi connectivity index (χ0n) is 21.9. The number of carbonyl (C=O) groups excluding carboxylic acids is 1. The third-order valence-corrected chi connectivity index (χ3v) is 6.27. The summed E-state index contributed by atoms with van der Waals surface area (Å²) in [5.74, 6) is 1.46. The van der Waals surface area contributed by atoms with Gasteiger partial charge in [-0.2, -0.15) is 15.0 Å². The van der Waals surface area contributed by atoms with Crippen molar-refractivity contribution >= 4 is 35.1 Å². The highest BCUT2D eigenvalue weighted by molar-refractivity contribution is 6.04. The molecule has 1 aromatic heterocycles. The maximum absolute atomic E-state index is 12.7. The van der Waals surface area contributed by atoms with Gasteiger partial charge in [-0.05, 0) is 54.2 Å². The number of amides is 1. The standard InChI is InChI=1S/C29H35N7O2/c1-4-20-7-5-9-22(15-20)27(37)32-24-10-6-8-21(16-24)18-31-28-34-26(25(17-30)19(2)3)35-29(36-28)33-23-11-13-38-14-12-23/h4-10,15-17,19,23H,1,11-14,18,30H2,2-3H3,(H,32,37)(H2,31,33,34,35,36). The molecular formula is C29H35N7O2. The van der Waals surface area contributed by atoms with Crippen molar-refractivity contribution in [1.82, 2.24) is 15.0 Å². The third-order valence-electron chi connectivity index (χ3n) is 6.27. The minimum absolute atomic E-state index is 0.152. The molecule has 1 amide bonds. The first-order chi connectivity index (χ1) is 18.4. The van der Waals surface area contributed by atoms with Crippen LogP contribution in [0.1, 0.15) is 54.0 Å². The molecule has 0 atom stereocenters. The fourth-order valence-corrected chi connectivity index (χ4v) is 4.15. The Kier molecular flexibility index (Phi) is 9.05. The van der Waals surface area contributed by atoms with Crippen LogP contribution in [0.2, 0.25) is 0 Å². The number of ether oxygens (including phenoxy) is 1. The molecule has 1 aliphatic heterocycles. The topological polar surface area (TPSA) is 127 Å². The average molecular weight is 514 g/mol. The summed E-state index contributed by atoms with van der Waals surface area (Å²) in [4.78, 5) is 26.6. The van der Waals surface area contributed by atoms with Crippen molar-refractivity contribution in [3.63, 3.8) is 0 Å². The molecule has 1 fully saturated rings. The van der Waals surface area contributed by atoms with Crippen LogP contribution in [-0.2, 0) is 11.3 Å². The molecule has 0 bridgehead atoms. The van der Waals surface area contributed by atoms with Gasteiger partial charge >= 0.3 is 0 Å². The Bertz CT molecular complexity index is 1300. The zero-order valence-corrected chi connectivity index (χ0v) is 21.9. The van der Waals surface area contributed by atoms with E-state index in [0.717, 1.165) is 29.5 Å². The molecule has 0 aliphatic carbocycles. The molecule has 0 unspecified atom stereocenters. The Hall–Kier alpha value is -4.24. The van der Waals surface area contributed by atoms with Gasteiger partial charge in [0.25, 0.3) is 5.91 Å². The first-order valence-corrected chi connectivity index (χ1v) is 12.8. The second-order valence-corrected chi connectivity index (χ2v) is 9.45. The lowest BCUT2D eigenvalue weighted by molar-refractivity contribution is 0.0903. The number of hydrogen-bond acceptors (Lipinski definition) is 8. The van der Waals surface area contributed by atoms with Gasteiger partial charge in [0.05, 0.1) is 0 Å². The van der Waals surface area contributed by atoms with E-state index in [0.29, 0.717) is 48.7 Å². The molecule has 1 aliphatic rings. The maximum atomic E-state index is 12.7. The van der Waals surface area contributed by atoms with Gasteiger partial charge in [0.15, 0.2) is 5.82 Å². The molecule has 9 heteroatoms. The molecule has 0 saturated carbocycles. The van der Waals surface area contributed by atoms with E-state index in [1.807, 2.05) is 36.4 Å². The largest absolute Gasteiger partial charge is 0.404 e. The summed E-state index contributed by atoms with van der Waals surface area (Å²) < 4.78 is 5.47. The zero-order chi connectivity index (χ0) is 26.9. The number of nitrogens with zero attached hydrogens (tertiary/aromatic N) is 3. The number of nitrogens with one attached hydrogen (secondary N) is 3. The first-order valence-electron chi connectivity index (χ1n) is 12.8. The minimum Gasteiger partial charge on any atom is -0.404 e. The molecule has 0 spiro atoms. The minimum atomic E-state index is -0.181. The van der Waals surface area contributed by atoms with Gasteiger partial charge in [-0.1, -0.05) is 50.8 Å². The van der Waals surface area contributed by atoms with E-state index in [1.54, 1.807) is 24.4 Å². The van der Waals surface area contributed by atoms with Crippen LogP contribution in [0.25, 0.3) is 11.6 Å². The van der Waals surface area contributed by atoms with Crippen molar-refractivity contribution in [1.29, 1.82) is 0 Å². The van der Waals surface area contributed by atoms with Gasteiger partial charge in [0.2, 0.25) is 11.9 Å². The predicted octanol–water partition coefficient (Wildman–Crippen LogP) is 4.93. The number of rotatable bonds is 10. The van der Waals surface area contributed by atoms with Crippen molar-refractivity contribution in [3.05, 3.63) is 83.8 Å². The molecule has 2 heterocycles. The molecule has 1 saturated heterocycles. The normalized spacial score (nSPS) is 14.2. The lowest BCUT2D eigenvalue weighted by Gasteiger charge is -2.23. The van der Waals surface area contributed by atoms with Gasteiger partial charge in [-0.3, -0.25) is 4.79 Å². The molecule has 5 N–H and O–H groups in total. The second-order valence-electron chi connectivity index (χ2n) is 9.45. The number of hydrogen-bond donors (Lipinski definition) is 4. The van der Waals surface area contributed by atoms with Crippen LogP contribution in [0.3, 0.4) is 0 Å². The van der Waals surface area contributed by atoms with E-state index in [9.17, 15) is 4.79 Å². The van der Waals surface area contributed by atoms with Crippen molar-refractivity contribution in [2.24, 2.45) is 11.7 Å². The Morgan fingerprint density at radius 2 is 1.87 bits per heavy atom. The highest BCUT2D eigenvalue weighted by Crippen LogP contribution is 2.22. The number of allylic oxidation sites excluding steroid dienone is 1. The maximum Gasteiger partial charge on any atom is 0.255 e. The Balaban J connectivity index is 1.49. The first kappa shape index (κ1) is 26.8. The summed E-state index contributed by atoms with van der Waals surface area (Å²) in [7, 11) is 0. The summed E-state index contributed by atoms with van der Waals surface area (Å²) in [5, 5.41) is 9.70. The van der Waals surface area contributed by atoms with Crippen LogP contribution < -0.4 is 21.7 Å². The quantitative estimate of drug-likeness (QED) is 0.301. The number of carbonyl (C=O) groups is 1. The Labute approximate surface area is 223 Å². The molecule has 0 radical (unpaired) electrons. The summed E-state index contributed by atoms with van der Waals surface area (Å²) in [6.07, 6.45) is 5.06. The van der Waals surface area contributed by atoms with Crippen LogP contribution in [0.4, 0.5) is 17.6 Å². The van der Waals surface area contributed by atoms with Crippen LogP contribution in [0.5, 0.6) is 0 Å². The van der Waals surface area contributed by atoms with Crippen molar-refractivity contribution in [3.8, 4) is 0 Å². The van der Waals surface area contributed by atoms with Crippen molar-refractivity contribution in [2.45, 2.75) is 39.3 Å². The summed E-state index contributed by atoms with van der Waals surface area (Å²) >= 11 is 0. The number of aromatic nitrogens is 3. The van der Waals surface area contributed by atoms with E-state index in [-0.39, 0.29) is 17.9 Å². The molecule has 38 heavy (non-hydrogen) atoms. The Morgan fingerprint density at radius 3 is 2.61 bits per heavy atom. The smallest absolute Gasteiger partial charge is 0.255 e. The highest BCUT2D eigenvalue weighted by atomic mass is 16.5. The average Bonchev–Trinajstić information content (AvgIpc) is 2.93. The fourth-order valence-electron chi connectivity index (χ4n) is 4.15. The molecular weight excluding hydrogens is 478 g/mol. The fraction of sp³-hybridized carbons (Fsp3) is 0.310. The molecule has 198 valence electrons. The van der Waals surface area contributed by atoms with Crippen LogP contribution in [0, 0.1) is 5.92 Å². The number of anilines is 3. The van der Waals surface area contributed by atoms with E-state index < -0.39 is 0 Å². The van der Waals surface area contributed by atoms with Gasteiger partial charge in [-0.15, -0.1) is 0 Å². The second kappa shape index (κ2) is 12.8. The number of benzene rings is 2. The lowest BCUT2D eigenvalue weighted by Crippen LogP contribution is -2.29. The van der Waals surface area contributed by atoms with Gasteiger partial charge in [0.1, 0.15) is 0 Å². The van der Waals surface area contributed by atoms with Gasteiger partial charge in [0, 0.05) is 48.8 Å². The summed E-state index contributed by atoms with van der Waals surface area (Å²) in [6.45, 7) is 9.75. The summed E-state index contributed by atoms with van der Waals surface area (Å²) in [6, 6.07) is 15.2. The van der Waals surface area contributed by atoms with Crippen LogP contribution in [-0.4, -0.2) is 40.1 Å². The van der Waals surface area contributed by atoms with Crippen LogP contribution in [0.15, 0.2) is 61.3 Å². The molecule has 4 rings (SSSR count). The third kappa shape index (κ3) is 7.17. The van der Waals surface area contributed by atoms with E-state index in [2.05, 4.69) is 51.3 Å². The van der Waals surface area contributed by atoms with Crippen molar-refractivity contribution < 1.29 is 9.53 Å². The Morgan fingerprint density at radius 1 is 1.11 bits per heavy atom. The molecule has 2 aromatic carbocycles. The molecule has 3 aromatic rings. The van der Waals surface area contributed by atoms with Crippen molar-refractivity contribution in [2.75, 3.05) is 29.2 Å². The van der Waals surface area contributed by atoms with E-state index >= 15 is 0 Å². The SMILES string of the molecule is C=Cc1cccc(C(=O)Nc2cccc(CNc3nc(NC4CCOCC4)nc(C(=CN)C(C)C)n3)c2)c1. The van der Waals surface area contributed by atoms with E-state index in [4.69, 9.17) is 10.5 Å². The van der Waals surface area contributed by atoms with Crippen LogP contribution >= 0.6 is 0 Å². The monoisotopic (exact) mass is 513 g/mol.